The highest BCUT2D eigenvalue weighted by atomic mass is 16.5. The van der Waals surface area contributed by atoms with Crippen LogP contribution in [0.4, 0.5) is 4.79 Å². The van der Waals surface area contributed by atoms with E-state index >= 15 is 0 Å². The zero-order valence-electron chi connectivity index (χ0n) is 11.4. The highest BCUT2D eigenvalue weighted by Gasteiger charge is 2.17. The fourth-order valence-corrected chi connectivity index (χ4v) is 1.97. The summed E-state index contributed by atoms with van der Waals surface area (Å²) in [6, 6.07) is 0.328. The van der Waals surface area contributed by atoms with E-state index in [1.807, 2.05) is 4.90 Å². The van der Waals surface area contributed by atoms with Crippen LogP contribution >= 0.6 is 0 Å². The Kier molecular flexibility index (Phi) is 6.34. The van der Waals surface area contributed by atoms with Crippen LogP contribution in [0.2, 0.25) is 0 Å². The standard InChI is InChI=1S/C13H26N2O2/c1-11(2)5-4-6-12(3)14-13(16)15-7-9-17-10-8-15/h11-12H,4-10H2,1-3H3,(H,14,16)/t12-/m0/s1. The van der Waals surface area contributed by atoms with Crippen molar-refractivity contribution >= 4 is 6.03 Å². The molecule has 1 saturated heterocycles. The topological polar surface area (TPSA) is 41.6 Å². The SMILES string of the molecule is CC(C)CCC[C@H](C)NC(=O)N1CCOCC1. The van der Waals surface area contributed by atoms with Crippen molar-refractivity contribution in [2.75, 3.05) is 26.3 Å². The van der Waals surface area contributed by atoms with Gasteiger partial charge in [-0.25, -0.2) is 4.79 Å². The Bertz CT molecular complexity index is 225. The van der Waals surface area contributed by atoms with E-state index in [0.717, 1.165) is 12.3 Å². The Morgan fingerprint density at radius 1 is 1.24 bits per heavy atom. The molecular formula is C13H26N2O2. The molecule has 1 fully saturated rings. The molecule has 0 bridgehead atoms. The predicted molar refractivity (Wildman–Crippen MR) is 69.1 cm³/mol. The van der Waals surface area contributed by atoms with Crippen LogP contribution in [-0.2, 0) is 4.74 Å². The number of urea groups is 1. The third-order valence-corrected chi connectivity index (χ3v) is 3.09. The maximum atomic E-state index is 11.9. The molecule has 1 atom stereocenters. The van der Waals surface area contributed by atoms with Crippen molar-refractivity contribution in [2.45, 2.75) is 46.1 Å². The highest BCUT2D eigenvalue weighted by molar-refractivity contribution is 5.74. The number of ether oxygens (including phenoxy) is 1. The Balaban J connectivity index is 2.15. The zero-order valence-corrected chi connectivity index (χ0v) is 11.4. The van der Waals surface area contributed by atoms with Gasteiger partial charge in [-0.3, -0.25) is 0 Å². The van der Waals surface area contributed by atoms with Crippen LogP contribution < -0.4 is 5.32 Å². The van der Waals surface area contributed by atoms with Crippen LogP contribution in [0.1, 0.15) is 40.0 Å². The maximum Gasteiger partial charge on any atom is 0.317 e. The number of amides is 2. The average molecular weight is 242 g/mol. The van der Waals surface area contributed by atoms with Crippen molar-refractivity contribution in [3.63, 3.8) is 0 Å². The number of nitrogens with zero attached hydrogens (tertiary/aromatic N) is 1. The van der Waals surface area contributed by atoms with Crippen LogP contribution in [0.15, 0.2) is 0 Å². The van der Waals surface area contributed by atoms with Gasteiger partial charge >= 0.3 is 6.03 Å². The van der Waals surface area contributed by atoms with Crippen LogP contribution in [0.25, 0.3) is 0 Å². The number of rotatable bonds is 5. The van der Waals surface area contributed by atoms with E-state index in [-0.39, 0.29) is 12.1 Å². The predicted octanol–water partition coefficient (Wildman–Crippen LogP) is 2.24. The summed E-state index contributed by atoms with van der Waals surface area (Å²) in [5.41, 5.74) is 0. The molecule has 100 valence electrons. The van der Waals surface area contributed by atoms with Gasteiger partial charge in [-0.15, -0.1) is 0 Å². The van der Waals surface area contributed by atoms with E-state index in [1.165, 1.54) is 12.8 Å². The molecule has 17 heavy (non-hydrogen) atoms. The Hall–Kier alpha value is -0.770. The van der Waals surface area contributed by atoms with Crippen LogP contribution in [0.5, 0.6) is 0 Å². The second kappa shape index (κ2) is 7.54. The minimum absolute atomic E-state index is 0.0605. The molecule has 4 heteroatoms. The number of nitrogens with one attached hydrogen (secondary N) is 1. The zero-order chi connectivity index (χ0) is 12.7. The number of carbonyl (C=O) groups excluding carboxylic acids is 1. The fourth-order valence-electron chi connectivity index (χ4n) is 1.97. The van der Waals surface area contributed by atoms with Crippen molar-refractivity contribution in [3.8, 4) is 0 Å². The first kappa shape index (κ1) is 14.3. The molecule has 0 aromatic rings. The lowest BCUT2D eigenvalue weighted by Crippen LogP contribution is -2.48. The van der Waals surface area contributed by atoms with Crippen molar-refractivity contribution in [3.05, 3.63) is 0 Å². The molecule has 0 unspecified atom stereocenters. The molecule has 2 amide bonds. The summed E-state index contributed by atoms with van der Waals surface area (Å²) in [6.45, 7) is 9.30. The van der Waals surface area contributed by atoms with E-state index in [1.54, 1.807) is 0 Å². The molecule has 1 aliphatic heterocycles. The number of hydrogen-bond donors (Lipinski definition) is 1. The number of hydrogen-bond acceptors (Lipinski definition) is 2. The Morgan fingerprint density at radius 2 is 1.88 bits per heavy atom. The highest BCUT2D eigenvalue weighted by Crippen LogP contribution is 2.08. The molecule has 0 aromatic carbocycles. The Labute approximate surface area is 105 Å². The van der Waals surface area contributed by atoms with E-state index in [4.69, 9.17) is 4.74 Å². The van der Waals surface area contributed by atoms with E-state index in [9.17, 15) is 4.79 Å². The van der Waals surface area contributed by atoms with Gasteiger partial charge in [0.1, 0.15) is 0 Å². The molecule has 1 N–H and O–H groups in total. The van der Waals surface area contributed by atoms with E-state index in [2.05, 4.69) is 26.1 Å². The van der Waals surface area contributed by atoms with Crippen molar-refractivity contribution in [2.24, 2.45) is 5.92 Å². The lowest BCUT2D eigenvalue weighted by molar-refractivity contribution is 0.0525. The third kappa shape index (κ3) is 5.91. The molecule has 1 heterocycles. The van der Waals surface area contributed by atoms with Crippen molar-refractivity contribution in [1.29, 1.82) is 0 Å². The van der Waals surface area contributed by atoms with Crippen molar-refractivity contribution in [1.82, 2.24) is 10.2 Å². The van der Waals surface area contributed by atoms with Crippen molar-refractivity contribution < 1.29 is 9.53 Å². The molecule has 0 radical (unpaired) electrons. The molecule has 1 rings (SSSR count). The first-order valence-electron chi connectivity index (χ1n) is 6.72. The second-order valence-electron chi connectivity index (χ2n) is 5.27. The molecule has 0 spiro atoms. The number of morpholine rings is 1. The quantitative estimate of drug-likeness (QED) is 0.803. The maximum absolute atomic E-state index is 11.9. The lowest BCUT2D eigenvalue weighted by Gasteiger charge is -2.28. The monoisotopic (exact) mass is 242 g/mol. The van der Waals surface area contributed by atoms with Gasteiger partial charge in [0.2, 0.25) is 0 Å². The smallest absolute Gasteiger partial charge is 0.317 e. The Morgan fingerprint density at radius 3 is 2.47 bits per heavy atom. The van der Waals surface area contributed by atoms with Crippen LogP contribution in [-0.4, -0.2) is 43.3 Å². The van der Waals surface area contributed by atoms with Crippen LogP contribution in [0.3, 0.4) is 0 Å². The second-order valence-corrected chi connectivity index (χ2v) is 5.27. The van der Waals surface area contributed by atoms with Gasteiger partial charge in [-0.2, -0.15) is 0 Å². The summed E-state index contributed by atoms with van der Waals surface area (Å²) >= 11 is 0. The normalized spacial score (nSPS) is 18.2. The molecule has 4 nitrogen and oxygen atoms in total. The fraction of sp³-hybridized carbons (Fsp3) is 0.923. The van der Waals surface area contributed by atoms with E-state index in [0.29, 0.717) is 26.3 Å². The summed E-state index contributed by atoms with van der Waals surface area (Å²) in [6.07, 6.45) is 3.48. The number of carbonyl (C=O) groups is 1. The minimum atomic E-state index is 0.0605. The summed E-state index contributed by atoms with van der Waals surface area (Å²) in [7, 11) is 0. The molecule has 0 aromatic heterocycles. The third-order valence-electron chi connectivity index (χ3n) is 3.09. The average Bonchev–Trinajstić information content (AvgIpc) is 2.29. The summed E-state index contributed by atoms with van der Waals surface area (Å²) in [5.74, 6) is 0.747. The molecular weight excluding hydrogens is 216 g/mol. The van der Waals surface area contributed by atoms with Gasteiger partial charge in [-0.1, -0.05) is 26.7 Å². The molecule has 0 aliphatic carbocycles. The van der Waals surface area contributed by atoms with Gasteiger partial charge in [0.05, 0.1) is 13.2 Å². The van der Waals surface area contributed by atoms with Gasteiger partial charge in [-0.05, 0) is 19.3 Å². The van der Waals surface area contributed by atoms with Crippen LogP contribution in [0, 0.1) is 5.92 Å². The lowest BCUT2D eigenvalue weighted by atomic mass is 10.0. The first-order chi connectivity index (χ1) is 8.09. The minimum Gasteiger partial charge on any atom is -0.378 e. The first-order valence-corrected chi connectivity index (χ1v) is 6.72. The van der Waals surface area contributed by atoms with E-state index < -0.39 is 0 Å². The van der Waals surface area contributed by atoms with Gasteiger partial charge in [0.25, 0.3) is 0 Å². The molecule has 0 saturated carbocycles. The summed E-state index contributed by atoms with van der Waals surface area (Å²) in [5, 5.41) is 3.05. The summed E-state index contributed by atoms with van der Waals surface area (Å²) in [4.78, 5) is 13.7. The van der Waals surface area contributed by atoms with Gasteiger partial charge in [0.15, 0.2) is 0 Å². The van der Waals surface area contributed by atoms with Gasteiger partial charge < -0.3 is 15.0 Å². The van der Waals surface area contributed by atoms with Gasteiger partial charge in [0, 0.05) is 19.1 Å². The summed E-state index contributed by atoms with van der Waals surface area (Å²) < 4.78 is 5.22. The molecule has 1 aliphatic rings. The largest absolute Gasteiger partial charge is 0.378 e.